The maximum Gasteiger partial charge on any atom is 0.387 e. The van der Waals surface area contributed by atoms with E-state index >= 15 is 0 Å². The first kappa shape index (κ1) is 17.3. The molecule has 0 saturated carbocycles. The van der Waals surface area contributed by atoms with Crippen molar-refractivity contribution in [3.8, 4) is 5.75 Å². The van der Waals surface area contributed by atoms with Crippen molar-refractivity contribution < 1.29 is 32.6 Å². The van der Waals surface area contributed by atoms with Gasteiger partial charge < -0.3 is 15.2 Å². The van der Waals surface area contributed by atoms with E-state index in [1.165, 1.54) is 19.2 Å². The molecule has 1 heterocycles. The van der Waals surface area contributed by atoms with E-state index in [2.05, 4.69) is 15.2 Å². The summed E-state index contributed by atoms with van der Waals surface area (Å²) in [5, 5.41) is 14.8. The van der Waals surface area contributed by atoms with Crippen LogP contribution in [0.15, 0.2) is 30.5 Å². The normalized spacial score (nSPS) is 12.0. The standard InChI is InChI=1S/C14H12F3N3O4/c1-7(20-5-4-10(19-20)13(22)23)12(21)18-9-3-2-8(15)6-11(9)24-14(16)17/h2-7,14H,1H3,(H,18,21)(H,22,23). The SMILES string of the molecule is CC(C(=O)Nc1ccc(F)cc1OC(F)F)n1ccc(C(=O)O)n1. The van der Waals surface area contributed by atoms with Gasteiger partial charge in [0.05, 0.1) is 5.69 Å². The van der Waals surface area contributed by atoms with Crippen LogP contribution in [0.2, 0.25) is 0 Å². The number of hydrogen-bond acceptors (Lipinski definition) is 4. The second kappa shape index (κ2) is 7.02. The van der Waals surface area contributed by atoms with Crippen LogP contribution in [0.25, 0.3) is 0 Å². The number of carbonyl (C=O) groups excluding carboxylic acids is 1. The Balaban J connectivity index is 2.17. The van der Waals surface area contributed by atoms with Crippen LogP contribution in [0, 0.1) is 5.82 Å². The smallest absolute Gasteiger partial charge is 0.387 e. The summed E-state index contributed by atoms with van der Waals surface area (Å²) in [4.78, 5) is 22.9. The lowest BCUT2D eigenvalue weighted by molar-refractivity contribution is -0.119. The summed E-state index contributed by atoms with van der Waals surface area (Å²) in [6.45, 7) is -1.77. The molecule has 0 aliphatic carbocycles. The quantitative estimate of drug-likeness (QED) is 0.841. The number of nitrogens with zero attached hydrogens (tertiary/aromatic N) is 2. The van der Waals surface area contributed by atoms with Crippen LogP contribution in [-0.4, -0.2) is 33.4 Å². The number of hydrogen-bond donors (Lipinski definition) is 2. The van der Waals surface area contributed by atoms with Crippen molar-refractivity contribution in [1.29, 1.82) is 0 Å². The van der Waals surface area contributed by atoms with Gasteiger partial charge in [-0.1, -0.05) is 0 Å². The monoisotopic (exact) mass is 343 g/mol. The van der Waals surface area contributed by atoms with E-state index in [0.29, 0.717) is 6.07 Å². The fourth-order valence-corrected chi connectivity index (χ4v) is 1.82. The largest absolute Gasteiger partial charge is 0.476 e. The number of aromatic nitrogens is 2. The number of anilines is 1. The number of carbonyl (C=O) groups is 2. The summed E-state index contributed by atoms with van der Waals surface area (Å²) in [5.74, 6) is -3.28. The highest BCUT2D eigenvalue weighted by molar-refractivity contribution is 5.94. The Hall–Kier alpha value is -3.04. The Kier molecular flexibility index (Phi) is 5.07. The first-order valence-electron chi connectivity index (χ1n) is 6.61. The van der Waals surface area contributed by atoms with Crippen molar-refractivity contribution in [2.75, 3.05) is 5.32 Å². The van der Waals surface area contributed by atoms with Crippen molar-refractivity contribution in [3.63, 3.8) is 0 Å². The van der Waals surface area contributed by atoms with Crippen LogP contribution in [0.4, 0.5) is 18.9 Å². The number of benzene rings is 1. The number of ether oxygens (including phenoxy) is 1. The molecule has 0 aliphatic heterocycles. The zero-order valence-electron chi connectivity index (χ0n) is 12.2. The lowest BCUT2D eigenvalue weighted by Crippen LogP contribution is -2.24. The lowest BCUT2D eigenvalue weighted by Gasteiger charge is -2.15. The molecule has 2 aromatic rings. The average molecular weight is 343 g/mol. The van der Waals surface area contributed by atoms with Gasteiger partial charge in [-0.15, -0.1) is 0 Å². The first-order chi connectivity index (χ1) is 11.3. The van der Waals surface area contributed by atoms with E-state index in [1.807, 2.05) is 0 Å². The van der Waals surface area contributed by atoms with Crippen LogP contribution >= 0.6 is 0 Å². The second-order valence-electron chi connectivity index (χ2n) is 4.67. The van der Waals surface area contributed by atoms with Gasteiger partial charge in [-0.05, 0) is 25.1 Å². The van der Waals surface area contributed by atoms with Gasteiger partial charge in [-0.3, -0.25) is 9.48 Å². The van der Waals surface area contributed by atoms with Crippen LogP contribution in [0.3, 0.4) is 0 Å². The molecular weight excluding hydrogens is 331 g/mol. The van der Waals surface area contributed by atoms with Gasteiger partial charge >= 0.3 is 12.6 Å². The Labute approximate surface area is 133 Å². The summed E-state index contributed by atoms with van der Waals surface area (Å²) in [6.07, 6.45) is 1.29. The number of aromatic carboxylic acids is 1. The van der Waals surface area contributed by atoms with E-state index in [-0.39, 0.29) is 11.4 Å². The van der Waals surface area contributed by atoms with Crippen LogP contribution in [-0.2, 0) is 4.79 Å². The third kappa shape index (κ3) is 4.03. The van der Waals surface area contributed by atoms with Gasteiger partial charge in [0.1, 0.15) is 11.9 Å². The van der Waals surface area contributed by atoms with Gasteiger partial charge in [-0.25, -0.2) is 9.18 Å². The van der Waals surface area contributed by atoms with E-state index in [4.69, 9.17) is 5.11 Å². The average Bonchev–Trinajstić information content (AvgIpc) is 2.98. The molecule has 1 aromatic heterocycles. The molecule has 1 amide bonds. The molecule has 2 N–H and O–H groups in total. The third-order valence-electron chi connectivity index (χ3n) is 3.02. The van der Waals surface area contributed by atoms with Crippen LogP contribution in [0.5, 0.6) is 5.75 Å². The molecule has 24 heavy (non-hydrogen) atoms. The highest BCUT2D eigenvalue weighted by Crippen LogP contribution is 2.27. The molecule has 0 saturated heterocycles. The van der Waals surface area contributed by atoms with Crippen molar-refractivity contribution in [1.82, 2.24) is 9.78 Å². The number of amides is 1. The molecule has 1 aromatic carbocycles. The summed E-state index contributed by atoms with van der Waals surface area (Å²) < 4.78 is 43.1. The van der Waals surface area contributed by atoms with Crippen molar-refractivity contribution in [2.24, 2.45) is 0 Å². The summed E-state index contributed by atoms with van der Waals surface area (Å²) >= 11 is 0. The first-order valence-corrected chi connectivity index (χ1v) is 6.61. The zero-order valence-corrected chi connectivity index (χ0v) is 12.2. The fourth-order valence-electron chi connectivity index (χ4n) is 1.82. The van der Waals surface area contributed by atoms with Gasteiger partial charge in [0.25, 0.3) is 0 Å². The maximum atomic E-state index is 13.1. The van der Waals surface area contributed by atoms with Crippen molar-refractivity contribution in [3.05, 3.63) is 42.0 Å². The molecule has 1 atom stereocenters. The summed E-state index contributed by atoms with van der Waals surface area (Å²) in [7, 11) is 0. The molecule has 2 rings (SSSR count). The minimum absolute atomic E-state index is 0.154. The Morgan fingerprint density at radius 1 is 1.33 bits per heavy atom. The predicted octanol–water partition coefficient (Wildman–Crippen LogP) is 2.52. The van der Waals surface area contributed by atoms with E-state index in [1.54, 1.807) is 0 Å². The summed E-state index contributed by atoms with van der Waals surface area (Å²) in [6, 6.07) is 3.01. The minimum Gasteiger partial charge on any atom is -0.476 e. The highest BCUT2D eigenvalue weighted by Gasteiger charge is 2.20. The Morgan fingerprint density at radius 3 is 2.62 bits per heavy atom. The topological polar surface area (TPSA) is 93.5 Å². The predicted molar refractivity (Wildman–Crippen MR) is 75.6 cm³/mol. The highest BCUT2D eigenvalue weighted by atomic mass is 19.3. The third-order valence-corrected chi connectivity index (χ3v) is 3.02. The molecule has 0 aliphatic rings. The number of nitrogens with one attached hydrogen (secondary N) is 1. The van der Waals surface area contributed by atoms with Crippen LogP contribution < -0.4 is 10.1 Å². The molecule has 7 nitrogen and oxygen atoms in total. The molecule has 0 fully saturated rings. The van der Waals surface area contributed by atoms with E-state index < -0.39 is 36.1 Å². The number of carboxylic acid groups (broad SMARTS) is 1. The molecular formula is C14H12F3N3O4. The van der Waals surface area contributed by atoms with Gasteiger partial charge in [0.15, 0.2) is 11.4 Å². The maximum absolute atomic E-state index is 13.1. The molecule has 0 spiro atoms. The molecule has 1 unspecified atom stereocenters. The second-order valence-corrected chi connectivity index (χ2v) is 4.67. The number of alkyl halides is 2. The van der Waals surface area contributed by atoms with Crippen molar-refractivity contribution >= 4 is 17.6 Å². The Bertz CT molecular complexity index is 763. The molecule has 128 valence electrons. The zero-order chi connectivity index (χ0) is 17.9. The summed E-state index contributed by atoms with van der Waals surface area (Å²) in [5.41, 5.74) is -0.405. The lowest BCUT2D eigenvalue weighted by atomic mass is 10.2. The molecule has 0 bridgehead atoms. The Morgan fingerprint density at radius 2 is 2.04 bits per heavy atom. The van der Waals surface area contributed by atoms with Crippen molar-refractivity contribution in [2.45, 2.75) is 19.6 Å². The van der Waals surface area contributed by atoms with Gasteiger partial charge in [0.2, 0.25) is 5.91 Å². The van der Waals surface area contributed by atoms with Gasteiger partial charge in [-0.2, -0.15) is 13.9 Å². The molecule has 0 radical (unpaired) electrons. The molecule has 10 heteroatoms. The van der Waals surface area contributed by atoms with Crippen LogP contribution in [0.1, 0.15) is 23.5 Å². The number of rotatable bonds is 6. The fraction of sp³-hybridized carbons (Fsp3) is 0.214. The number of carboxylic acids is 1. The van der Waals surface area contributed by atoms with Gasteiger partial charge in [0, 0.05) is 12.3 Å². The van der Waals surface area contributed by atoms with E-state index in [9.17, 15) is 22.8 Å². The number of halogens is 3. The van der Waals surface area contributed by atoms with E-state index in [0.717, 1.165) is 16.8 Å². The minimum atomic E-state index is -3.19.